The van der Waals surface area contributed by atoms with Gasteiger partial charge in [0.05, 0.1) is 13.2 Å². The Hall–Kier alpha value is -1.26. The van der Waals surface area contributed by atoms with Crippen molar-refractivity contribution in [1.29, 1.82) is 0 Å². The third-order valence-electron chi connectivity index (χ3n) is 5.64. The highest BCUT2D eigenvalue weighted by molar-refractivity contribution is 5.59. The third kappa shape index (κ3) is 1.97. The number of hydrogen-bond acceptors (Lipinski definition) is 4. The molecule has 0 radical (unpaired) electrons. The molecule has 0 amide bonds. The highest BCUT2D eigenvalue weighted by atomic mass is 16.5. The lowest BCUT2D eigenvalue weighted by molar-refractivity contribution is 0.116. The molecule has 0 saturated heterocycles. The van der Waals surface area contributed by atoms with Crippen LogP contribution >= 0.6 is 0 Å². The molecule has 122 valence electrons. The third-order valence-corrected chi connectivity index (χ3v) is 5.64. The molecule has 4 nitrogen and oxygen atoms in total. The summed E-state index contributed by atoms with van der Waals surface area (Å²) in [6, 6.07) is 4.15. The summed E-state index contributed by atoms with van der Waals surface area (Å²) in [5.41, 5.74) is 2.44. The van der Waals surface area contributed by atoms with E-state index in [0.29, 0.717) is 6.42 Å². The van der Waals surface area contributed by atoms with Crippen molar-refractivity contribution in [2.24, 2.45) is 5.92 Å². The minimum absolute atomic E-state index is 0.0507. The quantitative estimate of drug-likeness (QED) is 0.928. The number of methoxy groups -OCH3 is 1. The van der Waals surface area contributed by atoms with Crippen molar-refractivity contribution in [1.82, 2.24) is 4.90 Å². The second-order valence-electron chi connectivity index (χ2n) is 6.96. The number of aliphatic hydroxyl groups excluding tert-OH is 1. The molecule has 1 N–H and O–H groups in total. The Kier molecular flexibility index (Phi) is 3.86. The molecule has 1 aromatic rings. The topological polar surface area (TPSA) is 41.9 Å². The first-order chi connectivity index (χ1) is 10.5. The number of rotatable bonds is 4. The van der Waals surface area contributed by atoms with E-state index in [0.717, 1.165) is 24.5 Å². The summed E-state index contributed by atoms with van der Waals surface area (Å²) in [7, 11) is 5.85. The molecule has 1 aliphatic carbocycles. The van der Waals surface area contributed by atoms with Crippen LogP contribution in [-0.4, -0.2) is 43.4 Å². The summed E-state index contributed by atoms with van der Waals surface area (Å²) in [5, 5.41) is 10.4. The van der Waals surface area contributed by atoms with Gasteiger partial charge in [0.25, 0.3) is 0 Å². The predicted octanol–water partition coefficient (Wildman–Crippen LogP) is 2.57. The lowest BCUT2D eigenvalue weighted by Crippen LogP contribution is -2.38. The van der Waals surface area contributed by atoms with Crippen LogP contribution in [0.1, 0.15) is 37.8 Å². The van der Waals surface area contributed by atoms with Crippen molar-refractivity contribution < 1.29 is 14.6 Å². The van der Waals surface area contributed by atoms with E-state index in [1.807, 2.05) is 6.07 Å². The number of benzene rings is 1. The minimum atomic E-state index is -0.295. The molecule has 3 rings (SSSR count). The Morgan fingerprint density at radius 3 is 2.73 bits per heavy atom. The fraction of sp³-hybridized carbons (Fsp3) is 0.667. The Bertz CT molecular complexity index is 572. The van der Waals surface area contributed by atoms with Gasteiger partial charge in [0.1, 0.15) is 6.10 Å². The molecule has 0 aromatic heterocycles. The first kappa shape index (κ1) is 15.6. The van der Waals surface area contributed by atoms with E-state index in [4.69, 9.17) is 9.47 Å². The van der Waals surface area contributed by atoms with Crippen LogP contribution in [0, 0.1) is 5.92 Å². The van der Waals surface area contributed by atoms with E-state index < -0.39 is 0 Å². The fourth-order valence-electron chi connectivity index (χ4n) is 4.55. The summed E-state index contributed by atoms with van der Waals surface area (Å²) in [4.78, 5) is 2.18. The van der Waals surface area contributed by atoms with Gasteiger partial charge in [-0.05, 0) is 38.1 Å². The maximum Gasteiger partial charge on any atom is 0.165 e. The zero-order valence-electron chi connectivity index (χ0n) is 14.2. The molecule has 4 atom stereocenters. The van der Waals surface area contributed by atoms with Gasteiger partial charge in [0, 0.05) is 23.9 Å². The number of ether oxygens (including phenoxy) is 2. The fourth-order valence-corrected chi connectivity index (χ4v) is 4.55. The second kappa shape index (κ2) is 5.43. The second-order valence-corrected chi connectivity index (χ2v) is 6.96. The smallest absolute Gasteiger partial charge is 0.165 e. The van der Waals surface area contributed by atoms with Crippen LogP contribution in [0.2, 0.25) is 0 Å². The van der Waals surface area contributed by atoms with E-state index in [1.165, 1.54) is 11.1 Å². The van der Waals surface area contributed by atoms with E-state index in [9.17, 15) is 5.11 Å². The Morgan fingerprint density at radius 1 is 1.41 bits per heavy atom. The van der Waals surface area contributed by atoms with Crippen LogP contribution in [-0.2, 0) is 12.0 Å². The number of nitrogens with zero attached hydrogens (tertiary/aromatic N) is 1. The first-order valence-electron chi connectivity index (χ1n) is 8.15. The van der Waals surface area contributed by atoms with Crippen molar-refractivity contribution in [3.05, 3.63) is 23.3 Å². The molecule has 1 unspecified atom stereocenters. The van der Waals surface area contributed by atoms with Crippen LogP contribution in [0.15, 0.2) is 12.1 Å². The summed E-state index contributed by atoms with van der Waals surface area (Å²) >= 11 is 0. The molecule has 2 aliphatic rings. The standard InChI is InChI=1S/C18H27NO3/c1-6-18-11(2)13(20)9-15(18)22-17-14(21-5)8-7-12(16(17)18)10-19(3)4/h7-8,11,13,15,20H,6,9-10H2,1-5H3/t11?,13-,15+,18-/m1/s1. The van der Waals surface area contributed by atoms with Gasteiger partial charge in [0.15, 0.2) is 11.5 Å². The van der Waals surface area contributed by atoms with Crippen molar-refractivity contribution >= 4 is 0 Å². The zero-order chi connectivity index (χ0) is 16.1. The number of fused-ring (bicyclic) bond motifs is 3. The average Bonchev–Trinajstić information content (AvgIpc) is 2.92. The predicted molar refractivity (Wildman–Crippen MR) is 86.6 cm³/mol. The van der Waals surface area contributed by atoms with E-state index in [2.05, 4.69) is 38.9 Å². The normalized spacial score (nSPS) is 32.8. The Morgan fingerprint density at radius 2 is 2.14 bits per heavy atom. The number of aliphatic hydroxyl groups is 1. The monoisotopic (exact) mass is 305 g/mol. The SMILES string of the molecule is CC[C@]12c3c(CN(C)C)ccc(OC)c3O[C@H]1C[C@@H](O)C2C. The molecule has 4 heteroatoms. The Labute approximate surface area is 133 Å². The maximum atomic E-state index is 10.4. The van der Waals surface area contributed by atoms with Gasteiger partial charge < -0.3 is 19.5 Å². The lowest BCUT2D eigenvalue weighted by atomic mass is 9.69. The highest BCUT2D eigenvalue weighted by Gasteiger charge is 2.60. The van der Waals surface area contributed by atoms with Gasteiger partial charge in [-0.3, -0.25) is 0 Å². The summed E-state index contributed by atoms with van der Waals surface area (Å²) in [5.74, 6) is 1.89. The van der Waals surface area contributed by atoms with Crippen molar-refractivity contribution in [2.75, 3.05) is 21.2 Å². The molecule has 1 aliphatic heterocycles. The molecule has 1 saturated carbocycles. The average molecular weight is 305 g/mol. The van der Waals surface area contributed by atoms with Gasteiger partial charge in [-0.2, -0.15) is 0 Å². The van der Waals surface area contributed by atoms with Crippen molar-refractivity contribution in [3.63, 3.8) is 0 Å². The maximum absolute atomic E-state index is 10.4. The molecule has 22 heavy (non-hydrogen) atoms. The largest absolute Gasteiger partial charge is 0.493 e. The summed E-state index contributed by atoms with van der Waals surface area (Å²) in [6.45, 7) is 5.23. The van der Waals surface area contributed by atoms with Gasteiger partial charge in [-0.15, -0.1) is 0 Å². The lowest BCUT2D eigenvalue weighted by Gasteiger charge is -2.34. The summed E-state index contributed by atoms with van der Waals surface area (Å²) in [6.07, 6.45) is 1.43. The summed E-state index contributed by atoms with van der Waals surface area (Å²) < 4.78 is 11.8. The molecule has 0 spiro atoms. The molecular weight excluding hydrogens is 278 g/mol. The van der Waals surface area contributed by atoms with Crippen LogP contribution in [0.25, 0.3) is 0 Å². The van der Waals surface area contributed by atoms with Gasteiger partial charge in [-0.25, -0.2) is 0 Å². The van der Waals surface area contributed by atoms with E-state index >= 15 is 0 Å². The van der Waals surface area contributed by atoms with Crippen LogP contribution < -0.4 is 9.47 Å². The zero-order valence-corrected chi connectivity index (χ0v) is 14.2. The molecule has 1 fully saturated rings. The molecule has 1 heterocycles. The van der Waals surface area contributed by atoms with E-state index in [1.54, 1.807) is 7.11 Å². The highest BCUT2D eigenvalue weighted by Crippen LogP contribution is 2.59. The molecule has 0 bridgehead atoms. The van der Waals surface area contributed by atoms with Crippen molar-refractivity contribution in [3.8, 4) is 11.5 Å². The molecule has 1 aromatic carbocycles. The molecular formula is C18H27NO3. The van der Waals surface area contributed by atoms with Crippen molar-refractivity contribution in [2.45, 2.75) is 50.9 Å². The van der Waals surface area contributed by atoms with Crippen LogP contribution in [0.3, 0.4) is 0 Å². The Balaban J connectivity index is 2.21. The minimum Gasteiger partial charge on any atom is -0.493 e. The van der Waals surface area contributed by atoms with Gasteiger partial charge in [0.2, 0.25) is 0 Å². The first-order valence-corrected chi connectivity index (χ1v) is 8.15. The van der Waals surface area contributed by atoms with Crippen LogP contribution in [0.4, 0.5) is 0 Å². The van der Waals surface area contributed by atoms with Gasteiger partial charge in [-0.1, -0.05) is 19.9 Å². The van der Waals surface area contributed by atoms with Crippen LogP contribution in [0.5, 0.6) is 11.5 Å². The van der Waals surface area contributed by atoms with Gasteiger partial charge >= 0.3 is 0 Å². The van der Waals surface area contributed by atoms with E-state index in [-0.39, 0.29) is 23.5 Å². The number of hydrogen-bond donors (Lipinski definition) is 1.